The second kappa shape index (κ2) is 5.64. The third kappa shape index (κ3) is 3.41. The SMILES string of the molecule is Cc1ccc(NS(=O)(=O)c2ccccc2C(F)(F)F)c(C)c1. The van der Waals surface area contributed by atoms with Crippen molar-refractivity contribution in [3.05, 3.63) is 59.2 Å². The first-order valence-electron chi connectivity index (χ1n) is 6.37. The molecule has 118 valence electrons. The van der Waals surface area contributed by atoms with Crippen molar-refractivity contribution in [1.82, 2.24) is 0 Å². The van der Waals surface area contributed by atoms with Gasteiger partial charge >= 0.3 is 6.18 Å². The number of benzene rings is 2. The first-order valence-corrected chi connectivity index (χ1v) is 7.86. The Bertz CT molecular complexity index is 799. The monoisotopic (exact) mass is 329 g/mol. The van der Waals surface area contributed by atoms with Crippen molar-refractivity contribution in [2.45, 2.75) is 24.9 Å². The fourth-order valence-corrected chi connectivity index (χ4v) is 3.42. The minimum absolute atomic E-state index is 0.252. The molecule has 0 unspecified atom stereocenters. The number of hydrogen-bond donors (Lipinski definition) is 1. The van der Waals surface area contributed by atoms with Gasteiger partial charge in [0.05, 0.1) is 16.1 Å². The number of nitrogens with one attached hydrogen (secondary N) is 1. The molecule has 0 bridgehead atoms. The molecule has 0 fully saturated rings. The standard InChI is InChI=1S/C15H14F3NO2S/c1-10-7-8-13(11(2)9-10)19-22(20,21)14-6-4-3-5-12(14)15(16,17)18/h3-9,19H,1-2H3. The van der Waals surface area contributed by atoms with Crippen LogP contribution in [0.1, 0.15) is 16.7 Å². The zero-order valence-electron chi connectivity index (χ0n) is 11.9. The normalized spacial score (nSPS) is 12.2. The summed E-state index contributed by atoms with van der Waals surface area (Å²) in [5, 5.41) is 0. The van der Waals surface area contributed by atoms with Crippen LogP contribution in [0.4, 0.5) is 18.9 Å². The van der Waals surface area contributed by atoms with Gasteiger partial charge in [0.2, 0.25) is 0 Å². The summed E-state index contributed by atoms with van der Waals surface area (Å²) in [6.07, 6.45) is -4.74. The predicted octanol–water partition coefficient (Wildman–Crippen LogP) is 4.12. The first kappa shape index (κ1) is 16.4. The van der Waals surface area contributed by atoms with Crippen LogP contribution in [-0.2, 0) is 16.2 Å². The zero-order valence-corrected chi connectivity index (χ0v) is 12.7. The molecule has 0 radical (unpaired) electrons. The van der Waals surface area contributed by atoms with E-state index in [1.807, 2.05) is 6.92 Å². The van der Waals surface area contributed by atoms with Crippen molar-refractivity contribution in [1.29, 1.82) is 0 Å². The molecule has 1 N–H and O–H groups in total. The average molecular weight is 329 g/mol. The lowest BCUT2D eigenvalue weighted by Crippen LogP contribution is -2.19. The van der Waals surface area contributed by atoms with Crippen LogP contribution in [0, 0.1) is 13.8 Å². The van der Waals surface area contributed by atoms with Gasteiger partial charge in [-0.15, -0.1) is 0 Å². The molecule has 0 spiro atoms. The van der Waals surface area contributed by atoms with Crippen molar-refractivity contribution in [3.63, 3.8) is 0 Å². The van der Waals surface area contributed by atoms with Gasteiger partial charge in [0, 0.05) is 0 Å². The fourth-order valence-electron chi connectivity index (χ4n) is 2.06. The molecule has 0 aliphatic heterocycles. The van der Waals surface area contributed by atoms with E-state index < -0.39 is 26.7 Å². The maximum Gasteiger partial charge on any atom is 0.417 e. The molecule has 0 aliphatic carbocycles. The number of hydrogen-bond acceptors (Lipinski definition) is 2. The van der Waals surface area contributed by atoms with Gasteiger partial charge in [-0.2, -0.15) is 13.2 Å². The van der Waals surface area contributed by atoms with E-state index in [1.165, 1.54) is 12.1 Å². The summed E-state index contributed by atoms with van der Waals surface area (Å²) in [4.78, 5) is -0.789. The summed E-state index contributed by atoms with van der Waals surface area (Å²) in [5.41, 5.74) is 0.624. The number of halogens is 3. The van der Waals surface area contributed by atoms with E-state index in [2.05, 4.69) is 4.72 Å². The van der Waals surface area contributed by atoms with E-state index in [0.717, 1.165) is 23.8 Å². The Kier molecular flexibility index (Phi) is 4.19. The maximum atomic E-state index is 13.0. The van der Waals surface area contributed by atoms with Crippen molar-refractivity contribution in [2.75, 3.05) is 4.72 Å². The molecule has 0 saturated carbocycles. The third-order valence-corrected chi connectivity index (χ3v) is 4.53. The molecule has 0 saturated heterocycles. The number of rotatable bonds is 3. The summed E-state index contributed by atoms with van der Waals surface area (Å²) in [6, 6.07) is 9.04. The predicted molar refractivity (Wildman–Crippen MR) is 78.2 cm³/mol. The molecule has 3 nitrogen and oxygen atoms in total. The molecule has 0 heterocycles. The van der Waals surface area contributed by atoms with E-state index in [4.69, 9.17) is 0 Å². The van der Waals surface area contributed by atoms with Gasteiger partial charge in [-0.3, -0.25) is 4.72 Å². The second-order valence-corrected chi connectivity index (χ2v) is 6.57. The average Bonchev–Trinajstić information content (AvgIpc) is 2.41. The molecule has 2 aromatic rings. The second-order valence-electron chi connectivity index (χ2n) is 4.92. The highest BCUT2D eigenvalue weighted by atomic mass is 32.2. The van der Waals surface area contributed by atoms with E-state index in [0.29, 0.717) is 5.56 Å². The van der Waals surface area contributed by atoms with Crippen LogP contribution < -0.4 is 4.72 Å². The molecule has 0 atom stereocenters. The van der Waals surface area contributed by atoms with Crippen LogP contribution in [0.25, 0.3) is 0 Å². The lowest BCUT2D eigenvalue weighted by Gasteiger charge is -2.15. The maximum absolute atomic E-state index is 13.0. The summed E-state index contributed by atoms with van der Waals surface area (Å²) < 4.78 is 65.7. The van der Waals surface area contributed by atoms with Crippen LogP contribution in [0.2, 0.25) is 0 Å². The van der Waals surface area contributed by atoms with Gasteiger partial charge in [-0.1, -0.05) is 29.8 Å². The van der Waals surface area contributed by atoms with Crippen LogP contribution >= 0.6 is 0 Å². The van der Waals surface area contributed by atoms with Crippen LogP contribution in [0.3, 0.4) is 0 Å². The van der Waals surface area contributed by atoms with E-state index in [9.17, 15) is 21.6 Å². The quantitative estimate of drug-likeness (QED) is 0.920. The molecule has 0 amide bonds. The minimum atomic E-state index is -4.74. The van der Waals surface area contributed by atoms with Gasteiger partial charge in [0.15, 0.2) is 0 Å². The highest BCUT2D eigenvalue weighted by molar-refractivity contribution is 7.92. The van der Waals surface area contributed by atoms with Crippen LogP contribution in [0.5, 0.6) is 0 Å². The van der Waals surface area contributed by atoms with Gasteiger partial charge < -0.3 is 0 Å². The van der Waals surface area contributed by atoms with Gasteiger partial charge in [0.25, 0.3) is 10.0 Å². The Hall–Kier alpha value is -2.02. The molecule has 2 rings (SSSR count). The molecular weight excluding hydrogens is 315 g/mol. The topological polar surface area (TPSA) is 46.2 Å². The van der Waals surface area contributed by atoms with Crippen molar-refractivity contribution >= 4 is 15.7 Å². The zero-order chi connectivity index (χ0) is 16.5. The third-order valence-electron chi connectivity index (χ3n) is 3.11. The lowest BCUT2D eigenvalue weighted by atomic mass is 10.1. The van der Waals surface area contributed by atoms with E-state index in [-0.39, 0.29) is 5.69 Å². The lowest BCUT2D eigenvalue weighted by molar-refractivity contribution is -0.139. The Morgan fingerprint density at radius 1 is 1.00 bits per heavy atom. The molecular formula is C15H14F3NO2S. The smallest absolute Gasteiger partial charge is 0.279 e. The van der Waals surface area contributed by atoms with Gasteiger partial charge in [-0.05, 0) is 37.6 Å². The fraction of sp³-hybridized carbons (Fsp3) is 0.200. The van der Waals surface area contributed by atoms with Gasteiger partial charge in [-0.25, -0.2) is 8.42 Å². The molecule has 22 heavy (non-hydrogen) atoms. The van der Waals surface area contributed by atoms with Crippen LogP contribution in [0.15, 0.2) is 47.4 Å². The Morgan fingerprint density at radius 2 is 1.64 bits per heavy atom. The number of sulfonamides is 1. The van der Waals surface area contributed by atoms with Crippen molar-refractivity contribution < 1.29 is 21.6 Å². The Morgan fingerprint density at radius 3 is 2.23 bits per heavy atom. The summed E-state index contributed by atoms with van der Waals surface area (Å²) in [5.74, 6) is 0. The highest BCUT2D eigenvalue weighted by Crippen LogP contribution is 2.34. The summed E-state index contributed by atoms with van der Waals surface area (Å²) in [7, 11) is -4.33. The summed E-state index contributed by atoms with van der Waals surface area (Å²) in [6.45, 7) is 3.52. The largest absolute Gasteiger partial charge is 0.417 e. The summed E-state index contributed by atoms with van der Waals surface area (Å²) >= 11 is 0. The molecule has 0 aromatic heterocycles. The minimum Gasteiger partial charge on any atom is -0.279 e. The first-order chi connectivity index (χ1) is 10.1. The Balaban J connectivity index is 2.48. The molecule has 0 aliphatic rings. The van der Waals surface area contributed by atoms with Crippen LogP contribution in [-0.4, -0.2) is 8.42 Å². The van der Waals surface area contributed by atoms with Gasteiger partial charge in [0.1, 0.15) is 0 Å². The van der Waals surface area contributed by atoms with E-state index >= 15 is 0 Å². The van der Waals surface area contributed by atoms with E-state index in [1.54, 1.807) is 19.1 Å². The number of alkyl halides is 3. The molecule has 7 heteroatoms. The number of anilines is 1. The molecule has 2 aromatic carbocycles. The highest BCUT2D eigenvalue weighted by Gasteiger charge is 2.36. The Labute approximate surface area is 126 Å². The van der Waals surface area contributed by atoms with Crippen molar-refractivity contribution in [3.8, 4) is 0 Å². The van der Waals surface area contributed by atoms with Crippen molar-refractivity contribution in [2.24, 2.45) is 0 Å². The number of aryl methyl sites for hydroxylation is 2.